The Morgan fingerprint density at radius 2 is 1.70 bits per heavy atom. The molecule has 0 aromatic heterocycles. The average Bonchev–Trinajstić information content (AvgIpc) is 2.92. The minimum Gasteiger partial charge on any atom is -0.497 e. The average molecular weight is 387 g/mol. The molecule has 0 radical (unpaired) electrons. The van der Waals surface area contributed by atoms with E-state index in [1.165, 1.54) is 29.2 Å². The highest BCUT2D eigenvalue weighted by Crippen LogP contribution is 2.36. The lowest BCUT2D eigenvalue weighted by atomic mass is 10.1. The van der Waals surface area contributed by atoms with Gasteiger partial charge in [0.2, 0.25) is 0 Å². The molecule has 140 valence electrons. The van der Waals surface area contributed by atoms with E-state index >= 15 is 0 Å². The van der Waals surface area contributed by atoms with Gasteiger partial charge >= 0.3 is 0 Å². The minimum atomic E-state index is -0.428. The van der Waals surface area contributed by atoms with E-state index in [-0.39, 0.29) is 29.4 Å². The smallest absolute Gasteiger partial charge is 0.268 e. The predicted octanol–water partition coefficient (Wildman–Crippen LogP) is 2.84. The molecule has 0 atom stereocenters. The fourth-order valence-corrected chi connectivity index (χ4v) is 3.64. The number of hydrogen-bond acceptors (Lipinski definition) is 5. The highest BCUT2D eigenvalue weighted by molar-refractivity contribution is 8.04. The van der Waals surface area contributed by atoms with E-state index in [1.807, 2.05) is 0 Å². The number of aliphatic hydroxyl groups excluding tert-OH is 1. The third-order valence-electron chi connectivity index (χ3n) is 4.10. The van der Waals surface area contributed by atoms with Gasteiger partial charge in [-0.2, -0.15) is 0 Å². The van der Waals surface area contributed by atoms with Crippen LogP contribution in [0.25, 0.3) is 5.57 Å². The molecule has 5 nitrogen and oxygen atoms in total. The van der Waals surface area contributed by atoms with Gasteiger partial charge in [0.25, 0.3) is 11.8 Å². The zero-order valence-electron chi connectivity index (χ0n) is 14.6. The Kier molecular flexibility index (Phi) is 5.93. The van der Waals surface area contributed by atoms with Crippen molar-refractivity contribution in [1.82, 2.24) is 4.90 Å². The topological polar surface area (TPSA) is 66.8 Å². The molecule has 2 amide bonds. The number of amides is 2. The van der Waals surface area contributed by atoms with Crippen molar-refractivity contribution in [3.05, 3.63) is 70.4 Å². The van der Waals surface area contributed by atoms with E-state index in [0.717, 1.165) is 17.3 Å². The summed E-state index contributed by atoms with van der Waals surface area (Å²) >= 11 is 1.13. The number of halogens is 1. The van der Waals surface area contributed by atoms with E-state index in [1.54, 1.807) is 31.4 Å². The number of carbonyl (C=O) groups excluding carboxylic acids is 2. The van der Waals surface area contributed by atoms with Gasteiger partial charge in [0.15, 0.2) is 0 Å². The van der Waals surface area contributed by atoms with Crippen LogP contribution in [0.5, 0.6) is 5.75 Å². The normalized spacial score (nSPS) is 14.3. The molecule has 1 aliphatic rings. The molecular formula is C20H18FNO4S. The van der Waals surface area contributed by atoms with Crippen molar-refractivity contribution >= 4 is 29.1 Å². The molecule has 1 N–H and O–H groups in total. The summed E-state index contributed by atoms with van der Waals surface area (Å²) in [6.45, 7) is 0.000353. The quantitative estimate of drug-likeness (QED) is 0.740. The molecule has 0 aliphatic carbocycles. The van der Waals surface area contributed by atoms with Gasteiger partial charge in [0.05, 0.1) is 30.7 Å². The molecule has 0 unspecified atom stereocenters. The Morgan fingerprint density at radius 3 is 2.30 bits per heavy atom. The Hall–Kier alpha value is -2.64. The first-order chi connectivity index (χ1) is 13.0. The monoisotopic (exact) mass is 387 g/mol. The van der Waals surface area contributed by atoms with Gasteiger partial charge in [-0.25, -0.2) is 4.39 Å². The molecule has 2 aromatic carbocycles. The van der Waals surface area contributed by atoms with Gasteiger partial charge in [0.1, 0.15) is 11.6 Å². The van der Waals surface area contributed by atoms with Crippen molar-refractivity contribution in [1.29, 1.82) is 0 Å². The van der Waals surface area contributed by atoms with Gasteiger partial charge in [-0.3, -0.25) is 14.5 Å². The maximum Gasteiger partial charge on any atom is 0.268 e. The van der Waals surface area contributed by atoms with E-state index in [4.69, 9.17) is 9.84 Å². The second kappa shape index (κ2) is 8.37. The fraction of sp³-hybridized carbons (Fsp3) is 0.200. The molecule has 0 saturated heterocycles. The fourth-order valence-electron chi connectivity index (χ4n) is 2.76. The summed E-state index contributed by atoms with van der Waals surface area (Å²) in [6.07, 6.45) is 0. The number of benzene rings is 2. The molecule has 1 heterocycles. The SMILES string of the molecule is COc1ccc(CN2C(=O)C(SCCO)=C(c3ccc(F)cc3)C2=O)cc1. The Morgan fingerprint density at radius 1 is 1.04 bits per heavy atom. The van der Waals surface area contributed by atoms with Gasteiger partial charge in [0, 0.05) is 5.75 Å². The summed E-state index contributed by atoms with van der Waals surface area (Å²) in [7, 11) is 1.56. The summed E-state index contributed by atoms with van der Waals surface area (Å²) in [5, 5.41) is 9.11. The molecule has 2 aromatic rings. The number of rotatable bonds is 7. The third kappa shape index (κ3) is 4.04. The van der Waals surface area contributed by atoms with Crippen LogP contribution in [0.1, 0.15) is 11.1 Å². The molecule has 3 rings (SSSR count). The molecule has 1 aliphatic heterocycles. The highest BCUT2D eigenvalue weighted by Gasteiger charge is 2.39. The van der Waals surface area contributed by atoms with Crippen LogP contribution in [0.4, 0.5) is 4.39 Å². The lowest BCUT2D eigenvalue weighted by Crippen LogP contribution is -2.30. The summed E-state index contributed by atoms with van der Waals surface area (Å²) in [5.74, 6) is -0.288. The molecule has 27 heavy (non-hydrogen) atoms. The van der Waals surface area contributed by atoms with E-state index in [9.17, 15) is 14.0 Å². The predicted molar refractivity (Wildman–Crippen MR) is 101 cm³/mol. The lowest BCUT2D eigenvalue weighted by Gasteiger charge is -2.15. The number of carbonyl (C=O) groups is 2. The number of imide groups is 1. The van der Waals surface area contributed by atoms with Crippen LogP contribution in [-0.2, 0) is 16.1 Å². The Labute approximate surface area is 160 Å². The highest BCUT2D eigenvalue weighted by atomic mass is 32.2. The summed E-state index contributed by atoms with van der Waals surface area (Å²) < 4.78 is 18.4. The van der Waals surface area contributed by atoms with E-state index < -0.39 is 17.6 Å². The van der Waals surface area contributed by atoms with Crippen molar-refractivity contribution in [3.63, 3.8) is 0 Å². The number of hydrogen-bond donors (Lipinski definition) is 1. The number of aliphatic hydroxyl groups is 1. The Bertz CT molecular complexity index is 878. The summed E-state index contributed by atoms with van der Waals surface area (Å²) in [5.41, 5.74) is 1.50. The lowest BCUT2D eigenvalue weighted by molar-refractivity contribution is -0.137. The van der Waals surface area contributed by atoms with Crippen LogP contribution >= 0.6 is 11.8 Å². The largest absolute Gasteiger partial charge is 0.497 e. The number of thioether (sulfide) groups is 1. The van der Waals surface area contributed by atoms with Crippen molar-refractivity contribution in [2.45, 2.75) is 6.54 Å². The van der Waals surface area contributed by atoms with Crippen molar-refractivity contribution in [2.24, 2.45) is 0 Å². The van der Waals surface area contributed by atoms with Crippen LogP contribution in [0.3, 0.4) is 0 Å². The third-order valence-corrected chi connectivity index (χ3v) is 5.15. The first-order valence-corrected chi connectivity index (χ1v) is 9.26. The van der Waals surface area contributed by atoms with Crippen LogP contribution in [0, 0.1) is 5.82 Å². The summed E-state index contributed by atoms with van der Waals surface area (Å²) in [6, 6.07) is 12.6. The van der Waals surface area contributed by atoms with Gasteiger partial charge in [-0.15, -0.1) is 11.8 Å². The zero-order valence-corrected chi connectivity index (χ0v) is 15.5. The second-order valence-corrected chi connectivity index (χ2v) is 6.93. The molecular weight excluding hydrogens is 369 g/mol. The van der Waals surface area contributed by atoms with Crippen LogP contribution < -0.4 is 4.74 Å². The molecule has 0 saturated carbocycles. The number of nitrogens with zero attached hydrogens (tertiary/aromatic N) is 1. The van der Waals surface area contributed by atoms with Crippen molar-refractivity contribution in [3.8, 4) is 5.75 Å². The van der Waals surface area contributed by atoms with Gasteiger partial charge in [-0.05, 0) is 35.4 Å². The number of ether oxygens (including phenoxy) is 1. The molecule has 7 heteroatoms. The maximum absolute atomic E-state index is 13.2. The van der Waals surface area contributed by atoms with E-state index in [2.05, 4.69) is 0 Å². The van der Waals surface area contributed by atoms with Gasteiger partial charge < -0.3 is 9.84 Å². The first-order valence-electron chi connectivity index (χ1n) is 8.28. The maximum atomic E-state index is 13.2. The van der Waals surface area contributed by atoms with Gasteiger partial charge in [-0.1, -0.05) is 24.3 Å². The molecule has 0 fully saturated rings. The standard InChI is InChI=1S/C20H18FNO4S/c1-26-16-8-2-13(3-9-16)12-22-19(24)17(14-4-6-15(21)7-5-14)18(20(22)25)27-11-10-23/h2-9,23H,10-12H2,1H3. The van der Waals surface area contributed by atoms with Crippen molar-refractivity contribution < 1.29 is 23.8 Å². The molecule has 0 bridgehead atoms. The van der Waals surface area contributed by atoms with Crippen LogP contribution in [-0.4, -0.2) is 41.3 Å². The van der Waals surface area contributed by atoms with E-state index in [0.29, 0.717) is 11.3 Å². The van der Waals surface area contributed by atoms with Crippen molar-refractivity contribution in [2.75, 3.05) is 19.5 Å². The van der Waals surface area contributed by atoms with Crippen LogP contribution in [0.15, 0.2) is 53.4 Å². The van der Waals surface area contributed by atoms with Crippen LogP contribution in [0.2, 0.25) is 0 Å². The first kappa shape index (κ1) is 19.1. The number of methoxy groups -OCH3 is 1. The Balaban J connectivity index is 1.91. The molecule has 0 spiro atoms. The second-order valence-electron chi connectivity index (χ2n) is 5.83. The zero-order chi connectivity index (χ0) is 19.4. The summed E-state index contributed by atoms with van der Waals surface area (Å²) in [4.78, 5) is 27.2. The minimum absolute atomic E-state index is 0.120.